The molecule has 8 heteroatoms. The van der Waals surface area contributed by atoms with E-state index in [0.29, 0.717) is 6.54 Å². The van der Waals surface area contributed by atoms with Crippen molar-refractivity contribution >= 4 is 11.8 Å². The highest BCUT2D eigenvalue weighted by atomic mass is 19.4. The van der Waals surface area contributed by atoms with E-state index in [1.54, 1.807) is 4.90 Å². The van der Waals surface area contributed by atoms with Crippen LogP contribution in [0.5, 0.6) is 0 Å². The summed E-state index contributed by atoms with van der Waals surface area (Å²) in [5.74, 6) is 5.09. The number of nitrogen functional groups attached to an aromatic ring is 1. The lowest BCUT2D eigenvalue weighted by Gasteiger charge is -2.28. The highest BCUT2D eigenvalue weighted by Crippen LogP contribution is 2.30. The maximum atomic E-state index is 12.8. The average Bonchev–Trinajstić information content (AvgIpc) is 2.33. The summed E-state index contributed by atoms with van der Waals surface area (Å²) in [7, 11) is 0. The molecule has 0 atom stereocenters. The number of aromatic nitrogens is 2. The minimum Gasteiger partial charge on any atom is -0.354 e. The Bertz CT molecular complexity index is 419. The van der Waals surface area contributed by atoms with E-state index in [2.05, 4.69) is 15.4 Å². The van der Waals surface area contributed by atoms with Crippen LogP contribution >= 0.6 is 0 Å². The van der Waals surface area contributed by atoms with Gasteiger partial charge in [0.25, 0.3) is 0 Å². The molecule has 19 heavy (non-hydrogen) atoms. The molecule has 0 bridgehead atoms. The summed E-state index contributed by atoms with van der Waals surface area (Å²) in [6, 6.07) is 0.970. The third-order valence-electron chi connectivity index (χ3n) is 2.51. The van der Waals surface area contributed by atoms with Crippen LogP contribution in [0.1, 0.15) is 32.9 Å². The van der Waals surface area contributed by atoms with Crippen LogP contribution in [0.3, 0.4) is 0 Å². The van der Waals surface area contributed by atoms with Crippen molar-refractivity contribution in [3.05, 3.63) is 11.8 Å². The molecule has 0 spiro atoms. The van der Waals surface area contributed by atoms with Crippen molar-refractivity contribution in [2.24, 2.45) is 5.84 Å². The fraction of sp³-hybridized carbons (Fsp3) is 0.636. The van der Waals surface area contributed by atoms with Crippen LogP contribution in [0.15, 0.2) is 6.07 Å². The lowest BCUT2D eigenvalue weighted by Crippen LogP contribution is -2.33. The molecule has 0 amide bonds. The van der Waals surface area contributed by atoms with Gasteiger partial charge in [0, 0.05) is 18.7 Å². The summed E-state index contributed by atoms with van der Waals surface area (Å²) in [5.41, 5.74) is 1.06. The molecule has 0 aliphatic carbocycles. The van der Waals surface area contributed by atoms with E-state index in [1.807, 2.05) is 20.8 Å². The summed E-state index contributed by atoms with van der Waals surface area (Å²) in [6.45, 7) is 6.33. The predicted molar refractivity (Wildman–Crippen MR) is 67.6 cm³/mol. The second-order valence-electron chi connectivity index (χ2n) is 4.36. The molecule has 0 saturated heterocycles. The van der Waals surface area contributed by atoms with Gasteiger partial charge in [0.2, 0.25) is 5.95 Å². The van der Waals surface area contributed by atoms with Gasteiger partial charge in [0.15, 0.2) is 5.69 Å². The topological polar surface area (TPSA) is 67.1 Å². The number of hydrogen-bond donors (Lipinski definition) is 2. The zero-order chi connectivity index (χ0) is 14.6. The molecule has 3 N–H and O–H groups in total. The number of rotatable bonds is 5. The monoisotopic (exact) mass is 277 g/mol. The molecule has 5 nitrogen and oxygen atoms in total. The zero-order valence-electron chi connectivity index (χ0n) is 11.1. The van der Waals surface area contributed by atoms with Crippen molar-refractivity contribution in [3.63, 3.8) is 0 Å². The van der Waals surface area contributed by atoms with E-state index in [-0.39, 0.29) is 17.8 Å². The van der Waals surface area contributed by atoms with Crippen molar-refractivity contribution < 1.29 is 13.2 Å². The molecule has 1 aromatic rings. The summed E-state index contributed by atoms with van der Waals surface area (Å²) in [5, 5.41) is 0. The third-order valence-corrected chi connectivity index (χ3v) is 2.51. The number of hydrazine groups is 1. The van der Waals surface area contributed by atoms with Gasteiger partial charge in [0.1, 0.15) is 5.82 Å². The van der Waals surface area contributed by atoms with Gasteiger partial charge in [-0.3, -0.25) is 5.43 Å². The predicted octanol–water partition coefficient (Wildman–Crippen LogP) is 2.41. The Balaban J connectivity index is 3.25. The molecule has 1 heterocycles. The maximum absolute atomic E-state index is 12.8. The van der Waals surface area contributed by atoms with Crippen LogP contribution in [-0.2, 0) is 6.18 Å². The summed E-state index contributed by atoms with van der Waals surface area (Å²) in [6.07, 6.45) is -3.73. The lowest BCUT2D eigenvalue weighted by atomic mass is 10.2. The van der Waals surface area contributed by atoms with Gasteiger partial charge in [-0.25, -0.2) is 10.8 Å². The van der Waals surface area contributed by atoms with Crippen LogP contribution in [0.2, 0.25) is 0 Å². The number of nitrogens with zero attached hydrogens (tertiary/aromatic N) is 3. The van der Waals surface area contributed by atoms with Gasteiger partial charge in [-0.2, -0.15) is 18.2 Å². The largest absolute Gasteiger partial charge is 0.433 e. The molecule has 108 valence electrons. The second kappa shape index (κ2) is 6.05. The Morgan fingerprint density at radius 1 is 1.37 bits per heavy atom. The fourth-order valence-corrected chi connectivity index (χ4v) is 1.67. The van der Waals surface area contributed by atoms with Gasteiger partial charge < -0.3 is 4.90 Å². The van der Waals surface area contributed by atoms with Gasteiger partial charge in [0.05, 0.1) is 0 Å². The first-order valence-electron chi connectivity index (χ1n) is 5.99. The number of anilines is 2. The first kappa shape index (κ1) is 15.5. The van der Waals surface area contributed by atoms with E-state index in [4.69, 9.17) is 5.84 Å². The number of nitrogens with two attached hydrogens (primary N) is 1. The van der Waals surface area contributed by atoms with Crippen LogP contribution in [0.4, 0.5) is 24.9 Å². The quantitative estimate of drug-likeness (QED) is 0.639. The second-order valence-corrected chi connectivity index (χ2v) is 4.36. The Hall–Kier alpha value is -1.57. The number of halogens is 3. The first-order valence-corrected chi connectivity index (χ1v) is 5.99. The molecule has 0 unspecified atom stereocenters. The van der Waals surface area contributed by atoms with Crippen LogP contribution < -0.4 is 16.2 Å². The van der Waals surface area contributed by atoms with Crippen molar-refractivity contribution in [2.75, 3.05) is 16.9 Å². The SMILES string of the molecule is CCCN(c1cc(C(F)(F)F)nc(NN)n1)C(C)C. The molecular formula is C11H18F3N5. The Morgan fingerprint density at radius 3 is 2.42 bits per heavy atom. The van der Waals surface area contributed by atoms with Crippen molar-refractivity contribution in [1.29, 1.82) is 0 Å². The molecule has 1 rings (SSSR count). The van der Waals surface area contributed by atoms with Crippen LogP contribution in [-0.4, -0.2) is 22.6 Å². The van der Waals surface area contributed by atoms with Crippen molar-refractivity contribution in [2.45, 2.75) is 39.4 Å². The van der Waals surface area contributed by atoms with Crippen LogP contribution in [0, 0.1) is 0 Å². The number of nitrogens with one attached hydrogen (secondary N) is 1. The minimum absolute atomic E-state index is 0.0292. The van der Waals surface area contributed by atoms with E-state index < -0.39 is 11.9 Å². The van der Waals surface area contributed by atoms with Gasteiger partial charge in [-0.15, -0.1) is 0 Å². The van der Waals surface area contributed by atoms with Crippen molar-refractivity contribution in [3.8, 4) is 0 Å². The Morgan fingerprint density at radius 2 is 2.00 bits per heavy atom. The number of alkyl halides is 3. The Labute approximate surface area is 110 Å². The van der Waals surface area contributed by atoms with E-state index in [0.717, 1.165) is 12.5 Å². The zero-order valence-corrected chi connectivity index (χ0v) is 11.1. The standard InChI is InChI=1S/C11H18F3N5/c1-4-5-19(7(2)3)9-6-8(11(12,13)14)16-10(17-9)18-15/h6-7H,4-5,15H2,1-3H3,(H,16,17,18). The molecule has 1 aromatic heterocycles. The molecule has 0 aliphatic heterocycles. The summed E-state index contributed by atoms with van der Waals surface area (Å²) in [4.78, 5) is 9.09. The Kier molecular flexibility index (Phi) is 4.93. The van der Waals surface area contributed by atoms with E-state index in [9.17, 15) is 13.2 Å². The van der Waals surface area contributed by atoms with Crippen LogP contribution in [0.25, 0.3) is 0 Å². The fourth-order valence-electron chi connectivity index (χ4n) is 1.67. The van der Waals surface area contributed by atoms with Gasteiger partial charge in [-0.05, 0) is 20.3 Å². The first-order chi connectivity index (χ1) is 8.79. The lowest BCUT2D eigenvalue weighted by molar-refractivity contribution is -0.141. The third kappa shape index (κ3) is 3.95. The van der Waals surface area contributed by atoms with Gasteiger partial charge >= 0.3 is 6.18 Å². The molecule has 0 fully saturated rings. The average molecular weight is 277 g/mol. The molecular weight excluding hydrogens is 259 g/mol. The smallest absolute Gasteiger partial charge is 0.354 e. The normalized spacial score (nSPS) is 11.8. The van der Waals surface area contributed by atoms with E-state index >= 15 is 0 Å². The summed E-state index contributed by atoms with van der Waals surface area (Å²) < 4.78 is 38.3. The summed E-state index contributed by atoms with van der Waals surface area (Å²) >= 11 is 0. The van der Waals surface area contributed by atoms with E-state index in [1.165, 1.54) is 0 Å². The number of hydrogen-bond acceptors (Lipinski definition) is 5. The molecule has 0 saturated carbocycles. The molecule has 0 radical (unpaired) electrons. The maximum Gasteiger partial charge on any atom is 0.433 e. The molecule has 0 aromatic carbocycles. The minimum atomic E-state index is -4.53. The highest BCUT2D eigenvalue weighted by molar-refractivity contribution is 5.45. The molecule has 0 aliphatic rings. The highest BCUT2D eigenvalue weighted by Gasteiger charge is 2.34. The van der Waals surface area contributed by atoms with Gasteiger partial charge in [-0.1, -0.05) is 6.92 Å². The van der Waals surface area contributed by atoms with Crippen molar-refractivity contribution in [1.82, 2.24) is 9.97 Å².